The van der Waals surface area contributed by atoms with Gasteiger partial charge >= 0.3 is 12.0 Å². The summed E-state index contributed by atoms with van der Waals surface area (Å²) in [5.41, 5.74) is -0.831. The van der Waals surface area contributed by atoms with Crippen molar-refractivity contribution in [3.63, 3.8) is 0 Å². The summed E-state index contributed by atoms with van der Waals surface area (Å²) in [6.45, 7) is 0.407. The Labute approximate surface area is 159 Å². The van der Waals surface area contributed by atoms with Crippen LogP contribution in [-0.4, -0.2) is 47.4 Å². The number of esters is 1. The molecule has 1 aliphatic heterocycles. The van der Waals surface area contributed by atoms with Gasteiger partial charge in [0.1, 0.15) is 17.9 Å². The van der Waals surface area contributed by atoms with Gasteiger partial charge in [-0.15, -0.1) is 0 Å². The summed E-state index contributed by atoms with van der Waals surface area (Å²) in [6.07, 6.45) is 1.68. The average Bonchev–Trinajstić information content (AvgIpc) is 3.42. The molecule has 3 rings (SSSR count). The summed E-state index contributed by atoms with van der Waals surface area (Å²) in [6, 6.07) is 2.75. The minimum absolute atomic E-state index is 0.00614. The minimum Gasteiger partial charge on any atom is -0.454 e. The molecule has 2 N–H and O–H groups in total. The Bertz CT molecular complexity index is 829. The van der Waals surface area contributed by atoms with Crippen molar-refractivity contribution >= 4 is 41.1 Å². The van der Waals surface area contributed by atoms with Crippen molar-refractivity contribution in [1.82, 2.24) is 10.2 Å². The lowest BCUT2D eigenvalue weighted by molar-refractivity contribution is -0.150. The molecule has 0 radical (unpaired) electrons. The quantitative estimate of drug-likeness (QED) is 0.561. The topological polar surface area (TPSA) is 105 Å². The lowest BCUT2D eigenvalue weighted by Crippen LogP contribution is -2.46. The van der Waals surface area contributed by atoms with Crippen LogP contribution in [0.15, 0.2) is 18.2 Å². The molecule has 1 saturated carbocycles. The molecule has 1 aromatic rings. The number of nitrogens with zero attached hydrogens (tertiary/aromatic N) is 1. The number of hydrogen-bond acceptors (Lipinski definition) is 5. The molecule has 1 saturated heterocycles. The van der Waals surface area contributed by atoms with E-state index in [1.165, 1.54) is 6.07 Å². The predicted molar refractivity (Wildman–Crippen MR) is 92.4 cm³/mol. The molecule has 2 aliphatic rings. The molecule has 144 valence electrons. The highest BCUT2D eigenvalue weighted by molar-refractivity contribution is 6.33. The van der Waals surface area contributed by atoms with E-state index in [0.29, 0.717) is 0 Å². The number of amides is 4. The molecule has 1 atom stereocenters. The van der Waals surface area contributed by atoms with E-state index in [1.807, 2.05) is 0 Å². The summed E-state index contributed by atoms with van der Waals surface area (Å²) in [5, 5.41) is 4.97. The van der Waals surface area contributed by atoms with Crippen molar-refractivity contribution in [3.05, 3.63) is 29.0 Å². The van der Waals surface area contributed by atoms with Gasteiger partial charge in [0, 0.05) is 0 Å². The van der Waals surface area contributed by atoms with Gasteiger partial charge in [0.2, 0.25) is 0 Å². The third-order valence-corrected chi connectivity index (χ3v) is 4.86. The van der Waals surface area contributed by atoms with Crippen molar-refractivity contribution < 1.29 is 28.3 Å². The molecule has 1 aromatic carbocycles. The first-order valence-electron chi connectivity index (χ1n) is 8.25. The second-order valence-corrected chi connectivity index (χ2v) is 7.04. The molecule has 10 heteroatoms. The Balaban J connectivity index is 1.50. The van der Waals surface area contributed by atoms with E-state index >= 15 is 0 Å². The van der Waals surface area contributed by atoms with E-state index in [9.17, 15) is 23.6 Å². The summed E-state index contributed by atoms with van der Waals surface area (Å²) in [4.78, 5) is 48.9. The second kappa shape index (κ2) is 7.15. The first-order chi connectivity index (χ1) is 12.7. The number of carbonyl (C=O) groups is 4. The molecule has 0 spiro atoms. The fourth-order valence-corrected chi connectivity index (χ4v) is 3.11. The minimum atomic E-state index is -0.992. The maximum atomic E-state index is 13.0. The number of nitrogens with one attached hydrogen (secondary N) is 2. The van der Waals surface area contributed by atoms with Gasteiger partial charge in [-0.05, 0) is 43.9 Å². The molecule has 0 bridgehead atoms. The standard InChI is InChI=1S/C17H17ClFN3O5/c1-17(9-2-3-9)15(25)22(16(26)21-17)7-14(24)27-8-13(23)20-12-5-4-10(19)6-11(12)18/h4-6,9H,2-3,7-8H2,1H3,(H,20,23)(H,21,26)/t17-/m1/s1. The molecule has 0 aromatic heterocycles. The Hall–Kier alpha value is -2.68. The molecule has 1 aliphatic carbocycles. The van der Waals surface area contributed by atoms with Crippen molar-refractivity contribution in [3.8, 4) is 0 Å². The van der Waals surface area contributed by atoms with Gasteiger partial charge in [0.15, 0.2) is 6.61 Å². The van der Waals surface area contributed by atoms with Gasteiger partial charge in [0.25, 0.3) is 11.8 Å². The van der Waals surface area contributed by atoms with E-state index in [-0.39, 0.29) is 16.6 Å². The van der Waals surface area contributed by atoms with Crippen molar-refractivity contribution in [1.29, 1.82) is 0 Å². The van der Waals surface area contributed by atoms with Gasteiger partial charge in [0.05, 0.1) is 10.7 Å². The van der Waals surface area contributed by atoms with Crippen LogP contribution in [0.25, 0.3) is 0 Å². The van der Waals surface area contributed by atoms with E-state index in [2.05, 4.69) is 10.6 Å². The van der Waals surface area contributed by atoms with Crippen LogP contribution in [0.3, 0.4) is 0 Å². The van der Waals surface area contributed by atoms with E-state index < -0.39 is 48.3 Å². The number of rotatable bonds is 6. The number of hydrogen-bond donors (Lipinski definition) is 2. The van der Waals surface area contributed by atoms with Gasteiger partial charge in [-0.1, -0.05) is 11.6 Å². The van der Waals surface area contributed by atoms with Crippen molar-refractivity contribution in [2.45, 2.75) is 25.3 Å². The molecule has 2 fully saturated rings. The second-order valence-electron chi connectivity index (χ2n) is 6.63. The van der Waals surface area contributed by atoms with Crippen molar-refractivity contribution in [2.24, 2.45) is 5.92 Å². The average molecular weight is 398 g/mol. The molecular formula is C17H17ClFN3O5. The molecule has 1 heterocycles. The largest absolute Gasteiger partial charge is 0.454 e. The lowest BCUT2D eigenvalue weighted by atomic mass is 9.96. The van der Waals surface area contributed by atoms with Crippen LogP contribution >= 0.6 is 11.6 Å². The SMILES string of the molecule is C[C@]1(C2CC2)NC(=O)N(CC(=O)OCC(=O)Nc2ccc(F)cc2Cl)C1=O. The van der Waals surface area contributed by atoms with Crippen LogP contribution in [0.4, 0.5) is 14.9 Å². The monoisotopic (exact) mass is 397 g/mol. The summed E-state index contributed by atoms with van der Waals surface area (Å²) in [7, 11) is 0. The first-order valence-corrected chi connectivity index (χ1v) is 8.63. The fraction of sp³-hybridized carbons (Fsp3) is 0.412. The van der Waals surface area contributed by atoms with E-state index in [1.54, 1.807) is 6.92 Å². The zero-order valence-electron chi connectivity index (χ0n) is 14.4. The molecule has 27 heavy (non-hydrogen) atoms. The Morgan fingerprint density at radius 1 is 1.41 bits per heavy atom. The number of benzene rings is 1. The number of urea groups is 1. The highest BCUT2D eigenvalue weighted by atomic mass is 35.5. The summed E-state index contributed by atoms with van der Waals surface area (Å²) in [5.74, 6) is -2.57. The zero-order valence-corrected chi connectivity index (χ0v) is 15.1. The zero-order chi connectivity index (χ0) is 19.8. The van der Waals surface area contributed by atoms with Gasteiger partial charge in [-0.2, -0.15) is 0 Å². The van der Waals surface area contributed by atoms with Crippen LogP contribution in [0.2, 0.25) is 5.02 Å². The molecular weight excluding hydrogens is 381 g/mol. The number of carbonyl (C=O) groups excluding carboxylic acids is 4. The first kappa shape index (κ1) is 19.1. The highest BCUT2D eigenvalue weighted by Gasteiger charge is 2.56. The maximum Gasteiger partial charge on any atom is 0.326 e. The van der Waals surface area contributed by atoms with Gasteiger partial charge < -0.3 is 15.4 Å². The van der Waals surface area contributed by atoms with E-state index in [0.717, 1.165) is 29.9 Å². The number of halogens is 2. The normalized spacial score (nSPS) is 21.8. The Morgan fingerprint density at radius 3 is 2.74 bits per heavy atom. The van der Waals surface area contributed by atoms with Gasteiger partial charge in [-0.3, -0.25) is 19.3 Å². The van der Waals surface area contributed by atoms with Crippen LogP contribution in [0.1, 0.15) is 19.8 Å². The molecule has 4 amide bonds. The lowest BCUT2D eigenvalue weighted by Gasteiger charge is -2.20. The van der Waals surface area contributed by atoms with Crippen molar-refractivity contribution in [2.75, 3.05) is 18.5 Å². The Morgan fingerprint density at radius 2 is 2.11 bits per heavy atom. The summed E-state index contributed by atoms with van der Waals surface area (Å²) >= 11 is 5.79. The van der Waals surface area contributed by atoms with E-state index in [4.69, 9.17) is 16.3 Å². The highest BCUT2D eigenvalue weighted by Crippen LogP contribution is 2.42. The predicted octanol–water partition coefficient (Wildman–Crippen LogP) is 1.68. The number of anilines is 1. The van der Waals surface area contributed by atoms with Gasteiger partial charge in [-0.25, -0.2) is 9.18 Å². The Kier molecular flexibility index (Phi) is 5.05. The number of imide groups is 1. The van der Waals surface area contributed by atoms with Crippen LogP contribution in [-0.2, 0) is 19.1 Å². The molecule has 0 unspecified atom stereocenters. The maximum absolute atomic E-state index is 13.0. The van der Waals surface area contributed by atoms with Crippen LogP contribution < -0.4 is 10.6 Å². The van der Waals surface area contributed by atoms with Crippen LogP contribution in [0.5, 0.6) is 0 Å². The van der Waals surface area contributed by atoms with Crippen LogP contribution in [0, 0.1) is 11.7 Å². The fourth-order valence-electron chi connectivity index (χ4n) is 2.89. The summed E-state index contributed by atoms with van der Waals surface area (Å²) < 4.78 is 17.8. The molecule has 8 nitrogen and oxygen atoms in total. The smallest absolute Gasteiger partial charge is 0.326 e. The number of ether oxygens (including phenoxy) is 1. The third kappa shape index (κ3) is 4.02. The third-order valence-electron chi connectivity index (χ3n) is 4.55.